The molecule has 0 atom stereocenters. The van der Waals surface area contributed by atoms with Crippen LogP contribution in [0, 0.1) is 0 Å². The summed E-state index contributed by atoms with van der Waals surface area (Å²) < 4.78 is 48.3. The molecule has 0 aliphatic rings. The monoisotopic (exact) mass is 440 g/mol. The second-order valence-corrected chi connectivity index (χ2v) is 7.03. The van der Waals surface area contributed by atoms with E-state index in [4.69, 9.17) is 9.47 Å². The van der Waals surface area contributed by atoms with Crippen LogP contribution in [-0.2, 0) is 9.53 Å². The molecule has 3 aromatic carbocycles. The molecule has 164 valence electrons. The fraction of sp³-hybridized carbons (Fsp3) is 0.120. The minimum atomic E-state index is -4.77. The van der Waals surface area contributed by atoms with E-state index in [2.05, 4.69) is 13.2 Å². The number of Topliss-reactive ketones (excluding diaryl/α,β-unsaturated/α-hetero) is 1. The van der Waals surface area contributed by atoms with Gasteiger partial charge in [-0.25, -0.2) is 4.79 Å². The molecule has 3 aromatic rings. The molecule has 0 aliphatic carbocycles. The van der Waals surface area contributed by atoms with Crippen LogP contribution in [-0.4, -0.2) is 31.6 Å². The summed E-state index contributed by atoms with van der Waals surface area (Å²) in [6.45, 7) is 6.53. The summed E-state index contributed by atoms with van der Waals surface area (Å²) in [5, 5.41) is 1.37. The molecule has 0 amide bonds. The van der Waals surface area contributed by atoms with Crippen LogP contribution in [0.25, 0.3) is 21.9 Å². The Labute approximate surface area is 182 Å². The van der Waals surface area contributed by atoms with Gasteiger partial charge in [0, 0.05) is 12.7 Å². The summed E-state index contributed by atoms with van der Waals surface area (Å²) in [5.74, 6) is -1.38. The number of hydrogen-bond acceptors (Lipinski definition) is 4. The van der Waals surface area contributed by atoms with Gasteiger partial charge in [-0.05, 0) is 46.2 Å². The normalized spacial score (nSPS) is 11.2. The van der Waals surface area contributed by atoms with Crippen LogP contribution in [0.3, 0.4) is 0 Å². The van der Waals surface area contributed by atoms with Crippen LogP contribution >= 0.6 is 0 Å². The molecule has 7 heteroatoms. The zero-order chi connectivity index (χ0) is 23.5. The van der Waals surface area contributed by atoms with Crippen LogP contribution in [0.1, 0.15) is 10.4 Å². The average Bonchev–Trinajstić information content (AvgIpc) is 2.77. The van der Waals surface area contributed by atoms with Crippen LogP contribution in [0.15, 0.2) is 85.0 Å². The lowest BCUT2D eigenvalue weighted by Crippen LogP contribution is -2.19. The van der Waals surface area contributed by atoms with Crippen LogP contribution in [0.2, 0.25) is 0 Å². The average molecular weight is 440 g/mol. The Morgan fingerprint density at radius 2 is 1.47 bits per heavy atom. The Hall–Kier alpha value is -3.71. The molecule has 0 unspecified atom stereocenters. The number of benzene rings is 3. The van der Waals surface area contributed by atoms with Crippen molar-refractivity contribution in [1.82, 2.24) is 0 Å². The predicted molar refractivity (Wildman–Crippen MR) is 116 cm³/mol. The van der Waals surface area contributed by atoms with E-state index in [9.17, 15) is 22.8 Å². The Kier molecular flexibility index (Phi) is 6.60. The number of methoxy groups -OCH3 is 1. The summed E-state index contributed by atoms with van der Waals surface area (Å²) >= 11 is 0. The van der Waals surface area contributed by atoms with E-state index >= 15 is 0 Å². The van der Waals surface area contributed by atoms with Gasteiger partial charge in [0.1, 0.15) is 5.75 Å². The second kappa shape index (κ2) is 9.20. The first-order valence-corrected chi connectivity index (χ1v) is 9.44. The molecule has 0 fully saturated rings. The van der Waals surface area contributed by atoms with Gasteiger partial charge in [-0.1, -0.05) is 49.6 Å². The molecule has 3 rings (SSSR count). The van der Waals surface area contributed by atoms with Gasteiger partial charge in [0.25, 0.3) is 0 Å². The van der Waals surface area contributed by atoms with Gasteiger partial charge in [-0.15, -0.1) is 0 Å². The smallest absolute Gasteiger partial charge is 0.419 e. The first-order chi connectivity index (χ1) is 15.1. The number of esters is 1. The maximum atomic E-state index is 12.8. The highest BCUT2D eigenvalue weighted by Gasteiger charge is 2.37. The van der Waals surface area contributed by atoms with Gasteiger partial charge < -0.3 is 9.47 Å². The minimum absolute atomic E-state index is 0.0750. The molecule has 0 bridgehead atoms. The number of ether oxygens (including phenoxy) is 2. The van der Waals surface area contributed by atoms with Crippen LogP contribution < -0.4 is 4.74 Å². The number of ketones is 1. The third-order valence-corrected chi connectivity index (χ3v) is 4.72. The van der Waals surface area contributed by atoms with Crippen molar-refractivity contribution < 1.29 is 32.2 Å². The van der Waals surface area contributed by atoms with Gasteiger partial charge in [-0.3, -0.25) is 4.79 Å². The van der Waals surface area contributed by atoms with Gasteiger partial charge in [-0.2, -0.15) is 13.2 Å². The summed E-state index contributed by atoms with van der Waals surface area (Å²) in [7, 11) is 1.45. The van der Waals surface area contributed by atoms with Crippen LogP contribution in [0.4, 0.5) is 13.2 Å². The molecule has 0 aromatic heterocycles. The van der Waals surface area contributed by atoms with Gasteiger partial charge in [0.2, 0.25) is 0 Å². The first kappa shape index (κ1) is 23.0. The zero-order valence-corrected chi connectivity index (χ0v) is 17.2. The minimum Gasteiger partial charge on any atom is -0.423 e. The standard InChI is InChI=1S/C25H19F3O4/c1-15(14-31-3)24(30)32-22-10-8-17(9-11-22)18-4-5-20-13-21(7-6-19(20)12-18)23(29)16(2)25(26,27)28/h4-13H,1-2,14H2,3H3. The molecule has 0 N–H and O–H groups in total. The van der Waals surface area contributed by atoms with Crippen molar-refractivity contribution >= 4 is 22.5 Å². The van der Waals surface area contributed by atoms with E-state index in [0.29, 0.717) is 11.1 Å². The Bertz CT molecular complexity index is 1210. The molecule has 0 saturated heterocycles. The van der Waals surface area contributed by atoms with Crippen molar-refractivity contribution in [2.45, 2.75) is 6.18 Å². The van der Waals surface area contributed by atoms with E-state index in [-0.39, 0.29) is 17.7 Å². The largest absolute Gasteiger partial charge is 0.423 e. The topological polar surface area (TPSA) is 52.6 Å². The van der Waals surface area contributed by atoms with Crippen LogP contribution in [0.5, 0.6) is 5.75 Å². The molecule has 0 spiro atoms. The molecular weight excluding hydrogens is 421 g/mol. The number of hydrogen-bond donors (Lipinski definition) is 0. The summed E-state index contributed by atoms with van der Waals surface area (Å²) in [6.07, 6.45) is -4.77. The third kappa shape index (κ3) is 5.12. The zero-order valence-electron chi connectivity index (χ0n) is 17.2. The van der Waals surface area contributed by atoms with Gasteiger partial charge in [0.15, 0.2) is 5.78 Å². The number of alkyl halides is 3. The lowest BCUT2D eigenvalue weighted by atomic mass is 9.97. The molecule has 0 heterocycles. The fourth-order valence-electron chi connectivity index (χ4n) is 3.00. The summed E-state index contributed by atoms with van der Waals surface area (Å²) in [4.78, 5) is 23.9. The molecular formula is C25H19F3O4. The van der Waals surface area contributed by atoms with E-state index < -0.39 is 23.5 Å². The van der Waals surface area contributed by atoms with Crippen molar-refractivity contribution in [3.05, 3.63) is 90.5 Å². The lowest BCUT2D eigenvalue weighted by Gasteiger charge is -2.10. The number of allylic oxidation sites excluding steroid dienone is 1. The number of rotatable bonds is 7. The highest BCUT2D eigenvalue weighted by Crippen LogP contribution is 2.30. The first-order valence-electron chi connectivity index (χ1n) is 9.44. The van der Waals surface area contributed by atoms with Gasteiger partial charge in [0.05, 0.1) is 17.8 Å². The van der Waals surface area contributed by atoms with Gasteiger partial charge >= 0.3 is 12.1 Å². The number of carbonyl (C=O) groups is 2. The second-order valence-electron chi connectivity index (χ2n) is 7.03. The molecule has 4 nitrogen and oxygen atoms in total. The SMILES string of the molecule is C=C(COC)C(=O)Oc1ccc(-c2ccc3cc(C(=O)C(=C)C(F)(F)F)ccc3c2)cc1. The Morgan fingerprint density at radius 3 is 2.09 bits per heavy atom. The predicted octanol–water partition coefficient (Wildman–Crippen LogP) is 5.92. The highest BCUT2D eigenvalue weighted by molar-refractivity contribution is 6.11. The lowest BCUT2D eigenvalue weighted by molar-refractivity contribution is -0.130. The maximum absolute atomic E-state index is 12.8. The van der Waals surface area contributed by atoms with Crippen molar-refractivity contribution in [3.63, 3.8) is 0 Å². The van der Waals surface area contributed by atoms with E-state index in [1.165, 1.54) is 19.2 Å². The third-order valence-electron chi connectivity index (χ3n) is 4.72. The molecule has 0 saturated carbocycles. The number of fused-ring (bicyclic) bond motifs is 1. The van der Waals surface area contributed by atoms with Crippen molar-refractivity contribution in [3.8, 4) is 16.9 Å². The highest BCUT2D eigenvalue weighted by atomic mass is 19.4. The van der Waals surface area contributed by atoms with E-state index in [0.717, 1.165) is 16.5 Å². The van der Waals surface area contributed by atoms with E-state index in [1.807, 2.05) is 6.07 Å². The molecule has 0 radical (unpaired) electrons. The summed E-state index contributed by atoms with van der Waals surface area (Å²) in [6, 6.07) is 16.5. The van der Waals surface area contributed by atoms with Crippen molar-refractivity contribution in [2.75, 3.05) is 13.7 Å². The molecule has 0 aliphatic heterocycles. The van der Waals surface area contributed by atoms with Crippen molar-refractivity contribution in [1.29, 1.82) is 0 Å². The molecule has 32 heavy (non-hydrogen) atoms. The fourth-order valence-corrected chi connectivity index (χ4v) is 3.00. The Morgan fingerprint density at radius 1 is 0.875 bits per heavy atom. The summed E-state index contributed by atoms with van der Waals surface area (Å²) in [5.41, 5.74) is 0.405. The number of carbonyl (C=O) groups excluding carboxylic acids is 2. The Balaban J connectivity index is 1.80. The van der Waals surface area contributed by atoms with E-state index in [1.54, 1.807) is 42.5 Å². The maximum Gasteiger partial charge on any atom is 0.419 e. The quantitative estimate of drug-likeness (QED) is 0.198. The number of halogens is 3. The van der Waals surface area contributed by atoms with Crippen molar-refractivity contribution in [2.24, 2.45) is 0 Å².